The lowest BCUT2D eigenvalue weighted by atomic mass is 10.0. The Morgan fingerprint density at radius 3 is 2.19 bits per heavy atom. The largest absolute Gasteiger partial charge is 0.469 e. The van der Waals surface area contributed by atoms with Crippen LogP contribution in [0.5, 0.6) is 0 Å². The highest BCUT2D eigenvalue weighted by molar-refractivity contribution is 5.69. The van der Waals surface area contributed by atoms with Crippen molar-refractivity contribution < 1.29 is 19.7 Å². The summed E-state index contributed by atoms with van der Waals surface area (Å²) in [5.41, 5.74) is 0. The van der Waals surface area contributed by atoms with Crippen molar-refractivity contribution in [3.63, 3.8) is 0 Å². The summed E-state index contributed by atoms with van der Waals surface area (Å²) >= 11 is 0. The first-order chi connectivity index (χ1) is 7.60. The summed E-state index contributed by atoms with van der Waals surface area (Å²) in [6.07, 6.45) is 4.15. The first kappa shape index (κ1) is 15.4. The quantitative estimate of drug-likeness (QED) is 0.468. The first-order valence-corrected chi connectivity index (χ1v) is 6.03. The predicted octanol–water partition coefficient (Wildman–Crippen LogP) is 1.63. The number of hydrogen-bond acceptors (Lipinski definition) is 4. The van der Waals surface area contributed by atoms with Gasteiger partial charge in [-0.2, -0.15) is 0 Å². The van der Waals surface area contributed by atoms with E-state index in [0.29, 0.717) is 6.42 Å². The molecular weight excluding hydrogens is 208 g/mol. The van der Waals surface area contributed by atoms with E-state index in [1.807, 2.05) is 6.92 Å². The van der Waals surface area contributed by atoms with Gasteiger partial charge < -0.3 is 14.9 Å². The molecule has 0 aromatic carbocycles. The minimum atomic E-state index is -0.615. The van der Waals surface area contributed by atoms with Gasteiger partial charge in [0.2, 0.25) is 0 Å². The number of aliphatic hydroxyl groups excluding tert-OH is 2. The van der Waals surface area contributed by atoms with E-state index in [4.69, 9.17) is 0 Å². The second kappa shape index (κ2) is 9.60. The van der Waals surface area contributed by atoms with E-state index >= 15 is 0 Å². The molecule has 0 aromatic rings. The molecule has 4 nitrogen and oxygen atoms in total. The molecule has 0 bridgehead atoms. The van der Waals surface area contributed by atoms with Crippen molar-refractivity contribution in [2.75, 3.05) is 7.11 Å². The Morgan fingerprint density at radius 1 is 1.12 bits per heavy atom. The Bertz CT molecular complexity index is 182. The number of aliphatic hydroxyl groups is 2. The summed E-state index contributed by atoms with van der Waals surface area (Å²) in [5, 5.41) is 18.9. The highest BCUT2D eigenvalue weighted by atomic mass is 16.5. The van der Waals surface area contributed by atoms with Crippen molar-refractivity contribution >= 4 is 5.97 Å². The number of esters is 1. The topological polar surface area (TPSA) is 66.8 Å². The monoisotopic (exact) mass is 232 g/mol. The standard InChI is InChI=1S/C12H24O4/c1-3-6-10(13)7-4-5-8-11(14)9-12(15)16-2/h10-11,13-14H,3-9H2,1-2H3. The van der Waals surface area contributed by atoms with E-state index in [9.17, 15) is 15.0 Å². The molecule has 2 N–H and O–H groups in total. The van der Waals surface area contributed by atoms with Crippen LogP contribution in [0.15, 0.2) is 0 Å². The van der Waals surface area contributed by atoms with E-state index in [1.165, 1.54) is 7.11 Å². The number of hydrogen-bond donors (Lipinski definition) is 2. The van der Waals surface area contributed by atoms with Crippen molar-refractivity contribution in [2.24, 2.45) is 0 Å². The van der Waals surface area contributed by atoms with E-state index in [2.05, 4.69) is 4.74 Å². The van der Waals surface area contributed by atoms with Gasteiger partial charge in [0.1, 0.15) is 0 Å². The van der Waals surface area contributed by atoms with E-state index < -0.39 is 6.10 Å². The fraction of sp³-hybridized carbons (Fsp3) is 0.917. The van der Waals surface area contributed by atoms with Crippen molar-refractivity contribution in [3.05, 3.63) is 0 Å². The van der Waals surface area contributed by atoms with Crippen molar-refractivity contribution in [3.8, 4) is 0 Å². The van der Waals surface area contributed by atoms with E-state index in [-0.39, 0.29) is 18.5 Å². The maximum absolute atomic E-state index is 10.8. The number of unbranched alkanes of at least 4 members (excludes halogenated alkanes) is 1. The van der Waals surface area contributed by atoms with Crippen LogP contribution in [0.3, 0.4) is 0 Å². The molecule has 0 saturated carbocycles. The zero-order valence-corrected chi connectivity index (χ0v) is 10.3. The third-order valence-corrected chi connectivity index (χ3v) is 2.58. The summed E-state index contributed by atoms with van der Waals surface area (Å²) in [7, 11) is 1.32. The van der Waals surface area contributed by atoms with Gasteiger partial charge >= 0.3 is 5.97 Å². The Morgan fingerprint density at radius 2 is 1.69 bits per heavy atom. The molecule has 0 rings (SSSR count). The van der Waals surface area contributed by atoms with E-state index in [1.54, 1.807) is 0 Å². The molecule has 0 spiro atoms. The zero-order valence-electron chi connectivity index (χ0n) is 10.3. The Kier molecular flexibility index (Phi) is 9.24. The number of ether oxygens (including phenoxy) is 1. The van der Waals surface area contributed by atoms with Crippen LogP contribution < -0.4 is 0 Å². The maximum atomic E-state index is 10.8. The molecular formula is C12H24O4. The van der Waals surface area contributed by atoms with Gasteiger partial charge in [0, 0.05) is 0 Å². The molecule has 0 aliphatic carbocycles. The van der Waals surface area contributed by atoms with Crippen LogP contribution in [-0.4, -0.2) is 35.5 Å². The third-order valence-electron chi connectivity index (χ3n) is 2.58. The normalized spacial score (nSPS) is 14.5. The van der Waals surface area contributed by atoms with Crippen molar-refractivity contribution in [2.45, 2.75) is 64.1 Å². The van der Waals surface area contributed by atoms with Crippen LogP contribution >= 0.6 is 0 Å². The smallest absolute Gasteiger partial charge is 0.308 e. The second-order valence-corrected chi connectivity index (χ2v) is 4.16. The molecule has 16 heavy (non-hydrogen) atoms. The van der Waals surface area contributed by atoms with E-state index in [0.717, 1.165) is 32.1 Å². The predicted molar refractivity (Wildman–Crippen MR) is 62.0 cm³/mol. The molecule has 0 aliphatic rings. The number of rotatable bonds is 9. The summed E-state index contributed by atoms with van der Waals surface area (Å²) in [6.45, 7) is 2.04. The lowest BCUT2D eigenvalue weighted by Gasteiger charge is -2.11. The third kappa shape index (κ3) is 8.68. The van der Waals surface area contributed by atoms with Gasteiger partial charge in [-0.1, -0.05) is 26.2 Å². The van der Waals surface area contributed by atoms with Crippen LogP contribution in [-0.2, 0) is 9.53 Å². The molecule has 0 fully saturated rings. The molecule has 0 aliphatic heterocycles. The Balaban J connectivity index is 3.40. The summed E-state index contributed by atoms with van der Waals surface area (Å²) < 4.78 is 4.46. The van der Waals surface area contributed by atoms with Crippen molar-refractivity contribution in [1.82, 2.24) is 0 Å². The molecule has 4 heteroatoms. The zero-order chi connectivity index (χ0) is 12.4. The lowest BCUT2D eigenvalue weighted by Crippen LogP contribution is -2.14. The number of carbonyl (C=O) groups is 1. The van der Waals surface area contributed by atoms with Crippen LogP contribution in [0.4, 0.5) is 0 Å². The minimum Gasteiger partial charge on any atom is -0.469 e. The average molecular weight is 232 g/mol. The fourth-order valence-corrected chi connectivity index (χ4v) is 1.62. The summed E-state index contributed by atoms with van der Waals surface area (Å²) in [5.74, 6) is -0.376. The number of carbonyl (C=O) groups excluding carboxylic acids is 1. The van der Waals surface area contributed by atoms with Crippen LogP contribution in [0.25, 0.3) is 0 Å². The molecule has 0 heterocycles. The van der Waals surface area contributed by atoms with Crippen molar-refractivity contribution in [1.29, 1.82) is 0 Å². The molecule has 0 radical (unpaired) electrons. The fourth-order valence-electron chi connectivity index (χ4n) is 1.62. The molecule has 2 unspecified atom stereocenters. The minimum absolute atomic E-state index is 0.0635. The summed E-state index contributed by atoms with van der Waals surface area (Å²) in [4.78, 5) is 10.8. The highest BCUT2D eigenvalue weighted by Gasteiger charge is 2.10. The van der Waals surface area contributed by atoms with Gasteiger partial charge in [0.05, 0.1) is 25.7 Å². The van der Waals surface area contributed by atoms with Gasteiger partial charge in [0.25, 0.3) is 0 Å². The van der Waals surface area contributed by atoms with Crippen LogP contribution in [0, 0.1) is 0 Å². The van der Waals surface area contributed by atoms with Gasteiger partial charge in [-0.15, -0.1) is 0 Å². The van der Waals surface area contributed by atoms with Gasteiger partial charge in [-0.05, 0) is 19.3 Å². The van der Waals surface area contributed by atoms with Gasteiger partial charge in [-0.3, -0.25) is 4.79 Å². The SMILES string of the molecule is CCCC(O)CCCCC(O)CC(=O)OC. The number of methoxy groups -OCH3 is 1. The lowest BCUT2D eigenvalue weighted by molar-refractivity contribution is -0.142. The molecule has 2 atom stereocenters. The molecule has 0 amide bonds. The first-order valence-electron chi connectivity index (χ1n) is 6.03. The maximum Gasteiger partial charge on any atom is 0.308 e. The Labute approximate surface area is 97.6 Å². The molecule has 96 valence electrons. The molecule has 0 aromatic heterocycles. The summed E-state index contributed by atoms with van der Waals surface area (Å²) in [6, 6.07) is 0. The van der Waals surface area contributed by atoms with Crippen LogP contribution in [0.2, 0.25) is 0 Å². The second-order valence-electron chi connectivity index (χ2n) is 4.16. The van der Waals surface area contributed by atoms with Gasteiger partial charge in [-0.25, -0.2) is 0 Å². The highest BCUT2D eigenvalue weighted by Crippen LogP contribution is 2.11. The molecule has 0 saturated heterocycles. The average Bonchev–Trinajstić information content (AvgIpc) is 2.24. The Hall–Kier alpha value is -0.610. The van der Waals surface area contributed by atoms with Gasteiger partial charge in [0.15, 0.2) is 0 Å². The van der Waals surface area contributed by atoms with Crippen LogP contribution in [0.1, 0.15) is 51.9 Å².